The summed E-state index contributed by atoms with van der Waals surface area (Å²) in [6.07, 6.45) is 0. The van der Waals surface area contributed by atoms with E-state index in [0.29, 0.717) is 18.7 Å². The van der Waals surface area contributed by atoms with Gasteiger partial charge in [0.2, 0.25) is 0 Å². The Hall–Kier alpha value is -1.60. The Balaban J connectivity index is 1.98. The van der Waals surface area contributed by atoms with Gasteiger partial charge in [-0.3, -0.25) is 4.79 Å². The van der Waals surface area contributed by atoms with Gasteiger partial charge in [0, 0.05) is 18.7 Å². The van der Waals surface area contributed by atoms with Gasteiger partial charge in [0.25, 0.3) is 5.91 Å². The van der Waals surface area contributed by atoms with Crippen molar-refractivity contribution in [1.29, 1.82) is 0 Å². The minimum Gasteiger partial charge on any atom is -0.507 e. The molecule has 2 aromatic rings. The van der Waals surface area contributed by atoms with E-state index in [1.165, 1.54) is 6.07 Å². The van der Waals surface area contributed by atoms with E-state index in [4.69, 9.17) is 5.73 Å². The summed E-state index contributed by atoms with van der Waals surface area (Å²) < 4.78 is 0.719. The van der Waals surface area contributed by atoms with Crippen molar-refractivity contribution in [2.75, 3.05) is 0 Å². The Morgan fingerprint density at radius 1 is 1.15 bits per heavy atom. The van der Waals surface area contributed by atoms with E-state index in [9.17, 15) is 9.90 Å². The normalized spacial score (nSPS) is 10.3. The molecule has 0 fully saturated rings. The van der Waals surface area contributed by atoms with Crippen molar-refractivity contribution in [3.05, 3.63) is 62.7 Å². The summed E-state index contributed by atoms with van der Waals surface area (Å²) in [4.78, 5) is 12.0. The molecule has 0 aromatic heterocycles. The third kappa shape index (κ3) is 3.71. The van der Waals surface area contributed by atoms with Crippen LogP contribution in [-0.2, 0) is 13.1 Å². The van der Waals surface area contributed by atoms with Crippen molar-refractivity contribution in [3.8, 4) is 5.75 Å². The fourth-order valence-electron chi connectivity index (χ4n) is 1.73. The van der Waals surface area contributed by atoms with Crippen molar-refractivity contribution < 1.29 is 9.90 Å². The number of amides is 1. The van der Waals surface area contributed by atoms with E-state index >= 15 is 0 Å². The van der Waals surface area contributed by atoms with Crippen molar-refractivity contribution in [2.24, 2.45) is 5.73 Å². The van der Waals surface area contributed by atoms with Crippen LogP contribution in [0, 0.1) is 3.57 Å². The second-order valence-corrected chi connectivity index (χ2v) is 5.53. The highest BCUT2D eigenvalue weighted by Gasteiger charge is 2.07. The van der Waals surface area contributed by atoms with Crippen LogP contribution in [0.25, 0.3) is 0 Å². The predicted octanol–water partition coefficient (Wildman–Crippen LogP) is 2.39. The molecule has 4 nitrogen and oxygen atoms in total. The van der Waals surface area contributed by atoms with Gasteiger partial charge in [0.15, 0.2) is 0 Å². The van der Waals surface area contributed by atoms with Gasteiger partial charge in [0.1, 0.15) is 5.75 Å². The topological polar surface area (TPSA) is 75.3 Å². The lowest BCUT2D eigenvalue weighted by Gasteiger charge is -2.07. The highest BCUT2D eigenvalue weighted by molar-refractivity contribution is 14.1. The van der Waals surface area contributed by atoms with Crippen LogP contribution in [0.15, 0.2) is 42.5 Å². The number of halogens is 1. The fraction of sp³-hybridized carbons (Fsp3) is 0.133. The molecule has 2 rings (SSSR count). The van der Waals surface area contributed by atoms with Crippen LogP contribution in [0.2, 0.25) is 0 Å². The number of carbonyl (C=O) groups excluding carboxylic acids is 1. The molecule has 1 amide bonds. The molecule has 2 aromatic carbocycles. The lowest BCUT2D eigenvalue weighted by Crippen LogP contribution is -2.22. The molecule has 0 spiro atoms. The molecule has 20 heavy (non-hydrogen) atoms. The average Bonchev–Trinajstić information content (AvgIpc) is 2.48. The molecule has 0 unspecified atom stereocenters. The largest absolute Gasteiger partial charge is 0.507 e. The van der Waals surface area contributed by atoms with Crippen LogP contribution in [0.4, 0.5) is 0 Å². The second-order valence-electron chi connectivity index (χ2n) is 4.37. The number of hydrogen-bond acceptors (Lipinski definition) is 3. The third-order valence-corrected chi connectivity index (χ3v) is 3.83. The third-order valence-electron chi connectivity index (χ3n) is 2.92. The van der Waals surface area contributed by atoms with E-state index in [1.807, 2.05) is 46.9 Å². The molecule has 0 aliphatic carbocycles. The van der Waals surface area contributed by atoms with Crippen molar-refractivity contribution in [1.82, 2.24) is 5.32 Å². The van der Waals surface area contributed by atoms with E-state index in [1.54, 1.807) is 12.1 Å². The minimum absolute atomic E-state index is 0.116. The van der Waals surface area contributed by atoms with E-state index in [2.05, 4.69) is 5.32 Å². The summed E-state index contributed by atoms with van der Waals surface area (Å²) in [6.45, 7) is 0.949. The Bertz CT molecular complexity index is 612. The molecule has 0 atom stereocenters. The number of phenols is 1. The number of aromatic hydroxyl groups is 1. The van der Waals surface area contributed by atoms with Gasteiger partial charge in [-0.1, -0.05) is 24.3 Å². The fourth-order valence-corrected chi connectivity index (χ4v) is 2.07. The summed E-state index contributed by atoms with van der Waals surface area (Å²) in [5, 5.41) is 12.4. The van der Waals surface area contributed by atoms with E-state index in [-0.39, 0.29) is 11.7 Å². The first-order valence-electron chi connectivity index (χ1n) is 6.15. The van der Waals surface area contributed by atoms with Gasteiger partial charge in [-0.15, -0.1) is 0 Å². The minimum atomic E-state index is -0.209. The average molecular weight is 382 g/mol. The molecule has 5 heteroatoms. The van der Waals surface area contributed by atoms with Gasteiger partial charge < -0.3 is 16.2 Å². The highest BCUT2D eigenvalue weighted by Crippen LogP contribution is 2.20. The molecule has 0 saturated carbocycles. The number of carbonyl (C=O) groups is 1. The van der Waals surface area contributed by atoms with Crippen LogP contribution < -0.4 is 11.1 Å². The van der Waals surface area contributed by atoms with Crippen LogP contribution in [-0.4, -0.2) is 11.0 Å². The molecule has 0 bridgehead atoms. The summed E-state index contributed by atoms with van der Waals surface area (Å²) in [5.41, 5.74) is 8.04. The highest BCUT2D eigenvalue weighted by atomic mass is 127. The van der Waals surface area contributed by atoms with E-state index in [0.717, 1.165) is 14.7 Å². The van der Waals surface area contributed by atoms with Crippen LogP contribution >= 0.6 is 22.6 Å². The summed E-state index contributed by atoms with van der Waals surface area (Å²) in [6, 6.07) is 12.6. The molecule has 4 N–H and O–H groups in total. The smallest absolute Gasteiger partial charge is 0.251 e. The molecular weight excluding hydrogens is 367 g/mol. The molecule has 0 aliphatic heterocycles. The van der Waals surface area contributed by atoms with Gasteiger partial charge in [-0.2, -0.15) is 0 Å². The Labute approximate surface area is 131 Å². The van der Waals surface area contributed by atoms with Crippen molar-refractivity contribution in [3.63, 3.8) is 0 Å². The monoisotopic (exact) mass is 382 g/mol. The first-order valence-corrected chi connectivity index (χ1v) is 7.22. The first-order chi connectivity index (χ1) is 9.60. The molecular formula is C15H15IN2O2. The molecule has 0 radical (unpaired) electrons. The molecule has 0 saturated heterocycles. The SMILES string of the molecule is NCc1ccc(CNC(=O)c2ccc(I)c(O)c2)cc1. The molecule has 0 aliphatic rings. The number of benzene rings is 2. The van der Waals surface area contributed by atoms with E-state index < -0.39 is 0 Å². The Morgan fingerprint density at radius 2 is 1.80 bits per heavy atom. The zero-order valence-electron chi connectivity index (χ0n) is 10.8. The van der Waals surface area contributed by atoms with Crippen LogP contribution in [0.1, 0.15) is 21.5 Å². The maximum absolute atomic E-state index is 12.0. The summed E-state index contributed by atoms with van der Waals surface area (Å²) in [5.74, 6) is -0.0925. The van der Waals surface area contributed by atoms with Gasteiger partial charge in [-0.05, 0) is 51.9 Å². The van der Waals surface area contributed by atoms with Gasteiger partial charge in [0.05, 0.1) is 3.57 Å². The number of rotatable bonds is 4. The quantitative estimate of drug-likeness (QED) is 0.711. The van der Waals surface area contributed by atoms with Gasteiger partial charge >= 0.3 is 0 Å². The molecule has 0 heterocycles. The maximum Gasteiger partial charge on any atom is 0.251 e. The van der Waals surface area contributed by atoms with Gasteiger partial charge in [-0.25, -0.2) is 0 Å². The van der Waals surface area contributed by atoms with Crippen molar-refractivity contribution >= 4 is 28.5 Å². The number of nitrogens with one attached hydrogen (secondary N) is 1. The Morgan fingerprint density at radius 3 is 2.40 bits per heavy atom. The van der Waals surface area contributed by atoms with Crippen LogP contribution in [0.5, 0.6) is 5.75 Å². The maximum atomic E-state index is 12.0. The predicted molar refractivity (Wildman–Crippen MR) is 86.3 cm³/mol. The van der Waals surface area contributed by atoms with Crippen molar-refractivity contribution in [2.45, 2.75) is 13.1 Å². The first kappa shape index (κ1) is 14.8. The second kappa shape index (κ2) is 6.71. The number of phenolic OH excluding ortho intramolecular Hbond substituents is 1. The lowest BCUT2D eigenvalue weighted by atomic mass is 10.1. The zero-order valence-corrected chi connectivity index (χ0v) is 12.9. The lowest BCUT2D eigenvalue weighted by molar-refractivity contribution is 0.0950. The van der Waals surface area contributed by atoms with Crippen LogP contribution in [0.3, 0.4) is 0 Å². The summed E-state index contributed by atoms with van der Waals surface area (Å²) >= 11 is 2.01. The summed E-state index contributed by atoms with van der Waals surface area (Å²) in [7, 11) is 0. The standard InChI is InChI=1S/C15H15IN2O2/c16-13-6-5-12(7-14(13)19)15(20)18-9-11-3-1-10(8-17)2-4-11/h1-7,19H,8-9,17H2,(H,18,20). The zero-order chi connectivity index (χ0) is 14.5. The molecule has 104 valence electrons. The number of nitrogens with two attached hydrogens (primary N) is 1. The number of hydrogen-bond donors (Lipinski definition) is 3. The Kier molecular flexibility index (Phi) is 4.97.